The van der Waals surface area contributed by atoms with Gasteiger partial charge in [-0.05, 0) is 38.1 Å². The van der Waals surface area contributed by atoms with Crippen LogP contribution < -0.4 is 20.3 Å². The average molecular weight is 354 g/mol. The van der Waals surface area contributed by atoms with Crippen LogP contribution in [0.3, 0.4) is 0 Å². The highest BCUT2D eigenvalue weighted by Gasteiger charge is 2.15. The summed E-state index contributed by atoms with van der Waals surface area (Å²) in [7, 11) is 4.86. The molecule has 7 heteroatoms. The van der Waals surface area contributed by atoms with E-state index in [1.807, 2.05) is 38.1 Å². The van der Waals surface area contributed by atoms with Gasteiger partial charge < -0.3 is 19.4 Å². The number of benzene rings is 1. The summed E-state index contributed by atoms with van der Waals surface area (Å²) >= 11 is 0. The molecule has 0 aliphatic carbocycles. The third-order valence-corrected chi connectivity index (χ3v) is 4.01. The fourth-order valence-electron chi connectivity index (χ4n) is 2.74. The van der Waals surface area contributed by atoms with E-state index in [-0.39, 0.29) is 11.6 Å². The van der Waals surface area contributed by atoms with Crippen LogP contribution in [0, 0.1) is 0 Å². The molecule has 1 N–H and O–H groups in total. The van der Waals surface area contributed by atoms with Crippen molar-refractivity contribution in [3.8, 4) is 22.8 Å². The molecule has 0 atom stereocenters. The van der Waals surface area contributed by atoms with Crippen molar-refractivity contribution >= 4 is 16.7 Å². The van der Waals surface area contributed by atoms with Crippen LogP contribution in [0.1, 0.15) is 13.8 Å². The minimum atomic E-state index is -0.135. The molecule has 0 spiro atoms. The lowest BCUT2D eigenvalue weighted by molar-refractivity contribution is 0.355. The van der Waals surface area contributed by atoms with E-state index in [0.717, 1.165) is 5.56 Å². The van der Waals surface area contributed by atoms with Gasteiger partial charge in [0.15, 0.2) is 11.5 Å². The lowest BCUT2D eigenvalue weighted by Crippen LogP contribution is -2.21. The molecule has 3 aromatic rings. The topological polar surface area (TPSA) is 78.3 Å². The summed E-state index contributed by atoms with van der Waals surface area (Å²) in [6.07, 6.45) is 1.52. The molecule has 0 radical (unpaired) electrons. The standard InChI is InChI=1S/C19H22N4O3/c1-11(2)21-18-17-14(20-10-23(3)19(17)24)9-13(22-18)12-6-7-15(25-4)16(8-12)26-5/h6-11H,1-5H3,(H,21,22). The zero-order valence-electron chi connectivity index (χ0n) is 15.5. The van der Waals surface area contributed by atoms with Gasteiger partial charge in [-0.15, -0.1) is 0 Å². The molecule has 0 fully saturated rings. The van der Waals surface area contributed by atoms with Gasteiger partial charge in [-0.1, -0.05) is 0 Å². The Bertz CT molecular complexity index is 1010. The molecule has 0 aliphatic heterocycles. The quantitative estimate of drug-likeness (QED) is 0.759. The number of rotatable bonds is 5. The van der Waals surface area contributed by atoms with Crippen LogP contribution in [0.2, 0.25) is 0 Å². The number of methoxy groups -OCH3 is 2. The smallest absolute Gasteiger partial charge is 0.264 e. The Labute approximate surface area is 151 Å². The molecule has 3 rings (SSSR count). The molecule has 0 bridgehead atoms. The number of fused-ring (bicyclic) bond motifs is 1. The van der Waals surface area contributed by atoms with Crippen LogP contribution in [0.4, 0.5) is 5.82 Å². The van der Waals surface area contributed by atoms with Gasteiger partial charge in [0.1, 0.15) is 11.2 Å². The first-order valence-electron chi connectivity index (χ1n) is 8.30. The minimum Gasteiger partial charge on any atom is -0.493 e. The van der Waals surface area contributed by atoms with Crippen molar-refractivity contribution < 1.29 is 9.47 Å². The zero-order chi connectivity index (χ0) is 18.8. The van der Waals surface area contributed by atoms with Crippen molar-refractivity contribution in [1.82, 2.24) is 14.5 Å². The maximum atomic E-state index is 12.6. The van der Waals surface area contributed by atoms with Gasteiger partial charge in [0.25, 0.3) is 5.56 Å². The van der Waals surface area contributed by atoms with Gasteiger partial charge >= 0.3 is 0 Å². The van der Waals surface area contributed by atoms with Crippen molar-refractivity contribution in [3.63, 3.8) is 0 Å². The fourth-order valence-corrected chi connectivity index (χ4v) is 2.74. The number of aryl methyl sites for hydroxylation is 1. The van der Waals surface area contributed by atoms with E-state index in [1.54, 1.807) is 21.3 Å². The highest BCUT2D eigenvalue weighted by Crippen LogP contribution is 2.33. The number of ether oxygens (including phenoxy) is 2. The van der Waals surface area contributed by atoms with E-state index in [9.17, 15) is 4.79 Å². The van der Waals surface area contributed by atoms with Gasteiger partial charge in [-0.3, -0.25) is 4.79 Å². The molecule has 0 saturated carbocycles. The van der Waals surface area contributed by atoms with E-state index in [2.05, 4.69) is 15.3 Å². The highest BCUT2D eigenvalue weighted by atomic mass is 16.5. The molecule has 0 aliphatic rings. The van der Waals surface area contributed by atoms with E-state index in [1.165, 1.54) is 10.9 Å². The Morgan fingerprint density at radius 2 is 1.85 bits per heavy atom. The first-order chi connectivity index (χ1) is 12.4. The maximum absolute atomic E-state index is 12.6. The normalized spacial score (nSPS) is 11.0. The second-order valence-electron chi connectivity index (χ2n) is 6.28. The SMILES string of the molecule is COc1ccc(-c2cc3ncn(C)c(=O)c3c(NC(C)C)n2)cc1OC. The average Bonchev–Trinajstić information content (AvgIpc) is 2.63. The third-order valence-electron chi connectivity index (χ3n) is 4.01. The molecule has 0 saturated heterocycles. The summed E-state index contributed by atoms with van der Waals surface area (Å²) in [4.78, 5) is 21.7. The van der Waals surface area contributed by atoms with Crippen molar-refractivity contribution in [2.45, 2.75) is 19.9 Å². The Morgan fingerprint density at radius 1 is 1.12 bits per heavy atom. The molecule has 26 heavy (non-hydrogen) atoms. The highest BCUT2D eigenvalue weighted by molar-refractivity contribution is 5.91. The van der Waals surface area contributed by atoms with Gasteiger partial charge in [0.05, 0.1) is 31.8 Å². The van der Waals surface area contributed by atoms with Crippen LogP contribution in [0.15, 0.2) is 35.4 Å². The van der Waals surface area contributed by atoms with Crippen molar-refractivity contribution in [3.05, 3.63) is 40.9 Å². The summed E-state index contributed by atoms with van der Waals surface area (Å²) in [6, 6.07) is 7.51. The van der Waals surface area contributed by atoms with E-state index in [4.69, 9.17) is 9.47 Å². The van der Waals surface area contributed by atoms with Crippen LogP contribution in [-0.4, -0.2) is 34.8 Å². The van der Waals surface area contributed by atoms with Crippen molar-refractivity contribution in [2.75, 3.05) is 19.5 Å². The Balaban J connectivity index is 2.25. The number of nitrogens with one attached hydrogen (secondary N) is 1. The lowest BCUT2D eigenvalue weighted by Gasteiger charge is -2.14. The summed E-state index contributed by atoms with van der Waals surface area (Å²) in [6.45, 7) is 3.99. The van der Waals surface area contributed by atoms with Gasteiger partial charge in [0.2, 0.25) is 0 Å². The second kappa shape index (κ2) is 7.03. The molecule has 1 aromatic carbocycles. The minimum absolute atomic E-state index is 0.122. The van der Waals surface area contributed by atoms with Gasteiger partial charge in [-0.25, -0.2) is 9.97 Å². The molecular weight excluding hydrogens is 332 g/mol. The maximum Gasteiger partial charge on any atom is 0.264 e. The molecule has 0 amide bonds. The molecule has 7 nitrogen and oxygen atoms in total. The zero-order valence-corrected chi connectivity index (χ0v) is 15.5. The number of anilines is 1. The summed E-state index contributed by atoms with van der Waals surface area (Å²) in [5.41, 5.74) is 2.00. The first kappa shape index (κ1) is 17.7. The van der Waals surface area contributed by atoms with Gasteiger partial charge in [0, 0.05) is 18.7 Å². The Hall–Kier alpha value is -3.09. The largest absolute Gasteiger partial charge is 0.493 e. The predicted octanol–water partition coefficient (Wildman–Crippen LogP) is 2.83. The van der Waals surface area contributed by atoms with Crippen LogP contribution >= 0.6 is 0 Å². The third kappa shape index (κ3) is 3.20. The van der Waals surface area contributed by atoms with Gasteiger partial charge in [-0.2, -0.15) is 0 Å². The number of pyridine rings is 1. The summed E-state index contributed by atoms with van der Waals surface area (Å²) < 4.78 is 12.1. The van der Waals surface area contributed by atoms with Crippen LogP contribution in [0.5, 0.6) is 11.5 Å². The Kier molecular flexibility index (Phi) is 4.79. The number of hydrogen-bond acceptors (Lipinski definition) is 6. The molecule has 136 valence electrons. The predicted molar refractivity (Wildman–Crippen MR) is 102 cm³/mol. The summed E-state index contributed by atoms with van der Waals surface area (Å²) in [5.74, 6) is 1.78. The molecule has 0 unspecified atom stereocenters. The summed E-state index contributed by atoms with van der Waals surface area (Å²) in [5, 5.41) is 3.74. The lowest BCUT2D eigenvalue weighted by atomic mass is 10.1. The Morgan fingerprint density at radius 3 is 2.50 bits per heavy atom. The first-order valence-corrected chi connectivity index (χ1v) is 8.30. The van der Waals surface area contributed by atoms with Crippen molar-refractivity contribution in [2.24, 2.45) is 7.05 Å². The molecule has 2 aromatic heterocycles. The van der Waals surface area contributed by atoms with E-state index < -0.39 is 0 Å². The van der Waals surface area contributed by atoms with Crippen LogP contribution in [0.25, 0.3) is 22.2 Å². The molecule has 2 heterocycles. The monoisotopic (exact) mass is 354 g/mol. The van der Waals surface area contributed by atoms with E-state index in [0.29, 0.717) is 33.9 Å². The fraction of sp³-hybridized carbons (Fsp3) is 0.316. The van der Waals surface area contributed by atoms with Crippen LogP contribution in [-0.2, 0) is 7.05 Å². The number of hydrogen-bond donors (Lipinski definition) is 1. The molecular formula is C19H22N4O3. The number of aromatic nitrogens is 3. The second-order valence-corrected chi connectivity index (χ2v) is 6.28. The van der Waals surface area contributed by atoms with Crippen molar-refractivity contribution in [1.29, 1.82) is 0 Å². The number of nitrogens with zero attached hydrogens (tertiary/aromatic N) is 3. The van der Waals surface area contributed by atoms with E-state index >= 15 is 0 Å².